The second-order valence-corrected chi connectivity index (χ2v) is 15.3. The van der Waals surface area contributed by atoms with Gasteiger partial charge in [0.25, 0.3) is 0 Å². The molecule has 13 nitrogen and oxygen atoms in total. The molecule has 0 heterocycles. The van der Waals surface area contributed by atoms with Crippen molar-refractivity contribution < 1.29 is 37.5 Å². The molecule has 4 rings (SSSR count). The normalized spacial score (nSPS) is 18.7. The number of amidine groups is 1. The van der Waals surface area contributed by atoms with Gasteiger partial charge in [-0.15, -0.1) is 0 Å². The molecule has 11 N–H and O–H groups in total. The van der Waals surface area contributed by atoms with Crippen LogP contribution in [0.25, 0.3) is 0 Å². The van der Waals surface area contributed by atoms with Gasteiger partial charge in [-0.1, -0.05) is 82.1 Å². The maximum absolute atomic E-state index is 14.3. The summed E-state index contributed by atoms with van der Waals surface area (Å²) in [6.45, 7) is 0.974. The number of alkyl halides is 3. The standard InChI is InChI=1S/C37H60N8O3.C2HF3O2/c38-33(39)29-20-18-25(19-21-29)23-30(27-13-6-2-7-14-27)34(46)45-32(28-15-8-3-9-16-28)36(48)44-31(17-10-22-42-37(40)41)35(47)43-24-26-11-4-1-5-12-26;3-2(4,5)1(6)7/h18-21,26-28,30-32H,1-17,22-24H2,(H3,38,39)(H,43,47)(H,44,48)(H,45,46)(H4,40,41,42);(H,6,7)/t30?,31-,32?;/m0./s1. The largest absolute Gasteiger partial charge is 0.490 e. The van der Waals surface area contributed by atoms with Gasteiger partial charge in [-0.25, -0.2) is 4.79 Å². The number of carboxylic acid groups (broad SMARTS) is 1. The molecule has 16 heteroatoms. The Labute approximate surface area is 322 Å². The molecule has 3 saturated carbocycles. The SMILES string of the molecule is N=C(N)c1ccc(CC(C(=O)NC(C(=O)N[C@@H](CCCN=C(N)N)C(=O)NCC2CCCCC2)C2CCCCC2)C2CCCCC2)cc1.O=C(O)C(F)(F)F. The van der Waals surface area contributed by atoms with E-state index >= 15 is 0 Å². The summed E-state index contributed by atoms with van der Waals surface area (Å²) >= 11 is 0. The first kappa shape index (κ1) is 45.0. The van der Waals surface area contributed by atoms with Crippen LogP contribution in [0.3, 0.4) is 0 Å². The van der Waals surface area contributed by atoms with Crippen molar-refractivity contribution in [2.75, 3.05) is 13.1 Å². The zero-order valence-electron chi connectivity index (χ0n) is 31.8. The number of nitrogens with zero attached hydrogens (tertiary/aromatic N) is 1. The molecule has 0 radical (unpaired) electrons. The van der Waals surface area contributed by atoms with E-state index < -0.39 is 24.2 Å². The highest BCUT2D eigenvalue weighted by atomic mass is 19.4. The summed E-state index contributed by atoms with van der Waals surface area (Å²) in [4.78, 5) is 55.0. The number of hydrogen-bond acceptors (Lipinski definition) is 6. The first-order chi connectivity index (χ1) is 26.1. The van der Waals surface area contributed by atoms with Crippen LogP contribution < -0.4 is 33.2 Å². The smallest absolute Gasteiger partial charge is 0.475 e. The lowest BCUT2D eigenvalue weighted by Crippen LogP contribution is -2.57. The van der Waals surface area contributed by atoms with E-state index in [1.807, 2.05) is 24.3 Å². The van der Waals surface area contributed by atoms with Gasteiger partial charge in [-0.3, -0.25) is 24.8 Å². The summed E-state index contributed by atoms with van der Waals surface area (Å²) in [6, 6.07) is 6.10. The Bertz CT molecular complexity index is 1420. The van der Waals surface area contributed by atoms with Gasteiger partial charge in [-0.05, 0) is 81.1 Å². The van der Waals surface area contributed by atoms with E-state index in [4.69, 9.17) is 32.5 Å². The number of nitrogens with one attached hydrogen (secondary N) is 4. The highest BCUT2D eigenvalue weighted by molar-refractivity contribution is 5.95. The first-order valence-corrected chi connectivity index (χ1v) is 19.8. The van der Waals surface area contributed by atoms with Gasteiger partial charge >= 0.3 is 12.1 Å². The van der Waals surface area contributed by atoms with Crippen molar-refractivity contribution in [1.29, 1.82) is 5.41 Å². The van der Waals surface area contributed by atoms with Crippen LogP contribution in [0.2, 0.25) is 0 Å². The Balaban J connectivity index is 0.00000106. The van der Waals surface area contributed by atoms with Gasteiger partial charge in [0.05, 0.1) is 0 Å². The molecule has 0 aliphatic heterocycles. The van der Waals surface area contributed by atoms with E-state index in [2.05, 4.69) is 20.9 Å². The molecule has 0 bridgehead atoms. The molecule has 55 heavy (non-hydrogen) atoms. The Morgan fingerprint density at radius 2 is 1.31 bits per heavy atom. The number of guanidine groups is 1. The third-order valence-corrected chi connectivity index (χ3v) is 11.1. The number of carbonyl (C=O) groups is 4. The lowest BCUT2D eigenvalue weighted by molar-refractivity contribution is -0.192. The zero-order chi connectivity index (χ0) is 40.4. The molecule has 308 valence electrons. The summed E-state index contributed by atoms with van der Waals surface area (Å²) in [5.74, 6) is -2.88. The van der Waals surface area contributed by atoms with Crippen molar-refractivity contribution >= 4 is 35.5 Å². The Morgan fingerprint density at radius 3 is 1.82 bits per heavy atom. The minimum atomic E-state index is -5.08. The molecule has 0 aromatic heterocycles. The predicted octanol–water partition coefficient (Wildman–Crippen LogP) is 4.64. The van der Waals surface area contributed by atoms with Crippen molar-refractivity contribution in [2.24, 2.45) is 45.9 Å². The lowest BCUT2D eigenvalue weighted by Gasteiger charge is -2.35. The van der Waals surface area contributed by atoms with E-state index in [9.17, 15) is 27.6 Å². The van der Waals surface area contributed by atoms with E-state index in [-0.39, 0.29) is 47.3 Å². The highest BCUT2D eigenvalue weighted by Crippen LogP contribution is 2.33. The van der Waals surface area contributed by atoms with Crippen molar-refractivity contribution in [3.63, 3.8) is 0 Å². The topological polar surface area (TPSA) is 239 Å². The summed E-state index contributed by atoms with van der Waals surface area (Å²) in [5, 5.41) is 24.3. The highest BCUT2D eigenvalue weighted by Gasteiger charge is 2.39. The number of amides is 3. The number of halogens is 3. The monoisotopic (exact) mass is 778 g/mol. The fraction of sp³-hybridized carbons (Fsp3) is 0.692. The number of benzene rings is 1. The van der Waals surface area contributed by atoms with Gasteiger partial charge in [0, 0.05) is 24.6 Å². The van der Waals surface area contributed by atoms with Gasteiger partial charge in [0.2, 0.25) is 17.7 Å². The van der Waals surface area contributed by atoms with E-state index in [0.717, 1.165) is 76.2 Å². The maximum Gasteiger partial charge on any atom is 0.490 e. The van der Waals surface area contributed by atoms with Crippen LogP contribution in [0.1, 0.15) is 120 Å². The van der Waals surface area contributed by atoms with E-state index in [1.165, 1.54) is 25.7 Å². The fourth-order valence-corrected chi connectivity index (χ4v) is 8.00. The van der Waals surface area contributed by atoms with Gasteiger partial charge in [0.1, 0.15) is 17.9 Å². The summed E-state index contributed by atoms with van der Waals surface area (Å²) in [7, 11) is 0. The average molecular weight is 779 g/mol. The number of carbonyl (C=O) groups excluding carboxylic acids is 3. The Hall–Kier alpha value is -4.37. The second-order valence-electron chi connectivity index (χ2n) is 15.3. The van der Waals surface area contributed by atoms with Gasteiger partial charge < -0.3 is 38.3 Å². The maximum atomic E-state index is 14.3. The molecular formula is C39H61F3N8O5. The number of rotatable bonds is 16. The van der Waals surface area contributed by atoms with Crippen LogP contribution >= 0.6 is 0 Å². The Kier molecular flexibility index (Phi) is 18.7. The average Bonchev–Trinajstić information content (AvgIpc) is 3.17. The lowest BCUT2D eigenvalue weighted by atomic mass is 9.76. The van der Waals surface area contributed by atoms with Crippen LogP contribution in [0.4, 0.5) is 13.2 Å². The molecule has 1 aromatic rings. The second kappa shape index (κ2) is 22.9. The van der Waals surface area contributed by atoms with E-state index in [1.54, 1.807) is 0 Å². The zero-order valence-corrected chi connectivity index (χ0v) is 31.8. The summed E-state index contributed by atoms with van der Waals surface area (Å²) < 4.78 is 31.7. The number of nitrogens with two attached hydrogens (primary N) is 3. The first-order valence-electron chi connectivity index (χ1n) is 19.8. The van der Waals surface area contributed by atoms with Crippen LogP contribution in [-0.4, -0.2) is 71.9 Å². The summed E-state index contributed by atoms with van der Waals surface area (Å²) in [6.07, 6.45) is 12.5. The Morgan fingerprint density at radius 1 is 0.782 bits per heavy atom. The van der Waals surface area contributed by atoms with Crippen LogP contribution in [0.15, 0.2) is 29.3 Å². The quantitative estimate of drug-likeness (QED) is 0.0667. The summed E-state index contributed by atoms with van der Waals surface area (Å²) in [5.41, 5.74) is 18.4. The molecule has 3 aliphatic rings. The molecule has 0 saturated heterocycles. The molecule has 2 unspecified atom stereocenters. The molecule has 3 aliphatic carbocycles. The molecular weight excluding hydrogens is 717 g/mol. The molecule has 3 atom stereocenters. The number of aliphatic carboxylic acids is 1. The van der Waals surface area contributed by atoms with E-state index in [0.29, 0.717) is 43.8 Å². The third kappa shape index (κ3) is 16.1. The number of carboxylic acids is 1. The van der Waals surface area contributed by atoms with Crippen LogP contribution in [0.5, 0.6) is 0 Å². The van der Waals surface area contributed by atoms with Crippen molar-refractivity contribution in [3.8, 4) is 0 Å². The number of hydrogen-bond donors (Lipinski definition) is 8. The van der Waals surface area contributed by atoms with Crippen LogP contribution in [0, 0.1) is 29.1 Å². The molecule has 3 fully saturated rings. The van der Waals surface area contributed by atoms with Gasteiger partial charge in [0.15, 0.2) is 5.96 Å². The van der Waals surface area contributed by atoms with Crippen molar-refractivity contribution in [1.82, 2.24) is 16.0 Å². The minimum Gasteiger partial charge on any atom is -0.475 e. The fourth-order valence-electron chi connectivity index (χ4n) is 8.00. The molecule has 1 aromatic carbocycles. The van der Waals surface area contributed by atoms with Crippen molar-refractivity contribution in [2.45, 2.75) is 134 Å². The van der Waals surface area contributed by atoms with Crippen LogP contribution in [-0.2, 0) is 25.6 Å². The van der Waals surface area contributed by atoms with Crippen molar-refractivity contribution in [3.05, 3.63) is 35.4 Å². The third-order valence-electron chi connectivity index (χ3n) is 11.1. The number of nitrogen functional groups attached to an aromatic ring is 1. The molecule has 3 amide bonds. The minimum absolute atomic E-state index is 0.000254. The predicted molar refractivity (Wildman–Crippen MR) is 205 cm³/mol. The number of aliphatic imine (C=N–C) groups is 1. The molecule has 0 spiro atoms. The van der Waals surface area contributed by atoms with Gasteiger partial charge in [-0.2, -0.15) is 13.2 Å².